The highest BCUT2D eigenvalue weighted by Gasteiger charge is 2.49. The lowest BCUT2D eigenvalue weighted by atomic mass is 9.84. The van der Waals surface area contributed by atoms with Crippen LogP contribution in [0.4, 0.5) is 0 Å². The van der Waals surface area contributed by atoms with Crippen molar-refractivity contribution in [2.45, 2.75) is 36.8 Å². The van der Waals surface area contributed by atoms with Gasteiger partial charge in [-0.25, -0.2) is 8.42 Å². The van der Waals surface area contributed by atoms with Gasteiger partial charge >= 0.3 is 0 Å². The van der Waals surface area contributed by atoms with Crippen LogP contribution in [0.25, 0.3) is 0 Å². The van der Waals surface area contributed by atoms with Crippen LogP contribution in [0.2, 0.25) is 0 Å². The summed E-state index contributed by atoms with van der Waals surface area (Å²) >= 11 is 0. The highest BCUT2D eigenvalue weighted by Crippen LogP contribution is 2.44. The van der Waals surface area contributed by atoms with E-state index in [1.807, 2.05) is 37.3 Å². The van der Waals surface area contributed by atoms with Crippen LogP contribution < -0.4 is 0 Å². The van der Waals surface area contributed by atoms with Crippen molar-refractivity contribution in [3.05, 3.63) is 65.7 Å². The van der Waals surface area contributed by atoms with Crippen LogP contribution in [0.1, 0.15) is 29.9 Å². The van der Waals surface area contributed by atoms with Gasteiger partial charge in [0.15, 0.2) is 0 Å². The van der Waals surface area contributed by atoms with Gasteiger partial charge in [-0.05, 0) is 37.5 Å². The van der Waals surface area contributed by atoms with Gasteiger partial charge in [-0.1, -0.05) is 48.0 Å². The van der Waals surface area contributed by atoms with E-state index in [0.29, 0.717) is 18.0 Å². The van der Waals surface area contributed by atoms with Crippen LogP contribution >= 0.6 is 0 Å². The quantitative estimate of drug-likeness (QED) is 0.844. The van der Waals surface area contributed by atoms with E-state index >= 15 is 0 Å². The Morgan fingerprint density at radius 3 is 2.48 bits per heavy atom. The molecule has 4 rings (SSSR count). The molecule has 2 heterocycles. The molecule has 4 nitrogen and oxygen atoms in total. The molecular formula is C20H23NO3S. The van der Waals surface area contributed by atoms with Crippen molar-refractivity contribution in [1.29, 1.82) is 0 Å². The minimum atomic E-state index is -3.56. The van der Waals surface area contributed by atoms with E-state index in [1.165, 1.54) is 5.56 Å². The summed E-state index contributed by atoms with van der Waals surface area (Å²) in [7, 11) is -3.56. The fraction of sp³-hybridized carbons (Fsp3) is 0.400. The van der Waals surface area contributed by atoms with Gasteiger partial charge in [0, 0.05) is 25.0 Å². The maximum absolute atomic E-state index is 13.2. The maximum atomic E-state index is 13.2. The third kappa shape index (κ3) is 3.01. The number of benzene rings is 2. The van der Waals surface area contributed by atoms with E-state index in [4.69, 9.17) is 4.74 Å². The zero-order chi connectivity index (χ0) is 17.4. The number of aryl methyl sites for hydroxylation is 1. The van der Waals surface area contributed by atoms with Crippen LogP contribution in [-0.2, 0) is 14.8 Å². The van der Waals surface area contributed by atoms with E-state index in [2.05, 4.69) is 12.1 Å². The zero-order valence-electron chi connectivity index (χ0n) is 14.3. The molecule has 132 valence electrons. The fourth-order valence-electron chi connectivity index (χ4n) is 4.05. The minimum Gasteiger partial charge on any atom is -0.362 e. The number of nitrogens with zero attached hydrogens (tertiary/aromatic N) is 1. The van der Waals surface area contributed by atoms with Crippen molar-refractivity contribution >= 4 is 10.0 Å². The topological polar surface area (TPSA) is 46.6 Å². The first-order valence-corrected chi connectivity index (χ1v) is 10.3. The molecule has 2 fully saturated rings. The van der Waals surface area contributed by atoms with Gasteiger partial charge in [-0.2, -0.15) is 4.31 Å². The molecule has 0 bridgehead atoms. The first kappa shape index (κ1) is 16.8. The Labute approximate surface area is 149 Å². The molecule has 0 aliphatic carbocycles. The second kappa shape index (κ2) is 6.56. The Bertz CT molecular complexity index is 833. The van der Waals surface area contributed by atoms with Crippen molar-refractivity contribution in [1.82, 2.24) is 4.31 Å². The molecule has 0 radical (unpaired) electrons. The van der Waals surface area contributed by atoms with Crippen molar-refractivity contribution in [3.63, 3.8) is 0 Å². The molecule has 0 unspecified atom stereocenters. The van der Waals surface area contributed by atoms with E-state index < -0.39 is 10.0 Å². The summed E-state index contributed by atoms with van der Waals surface area (Å²) in [5, 5.41) is 0. The SMILES string of the molecule is Cc1ccc(S(=O)(=O)N2C[C@@H](c3ccccc3)[C@H]3CCCO[C@H]32)cc1. The average molecular weight is 357 g/mol. The molecule has 2 saturated heterocycles. The van der Waals surface area contributed by atoms with Crippen LogP contribution in [0.3, 0.4) is 0 Å². The molecule has 2 aliphatic heterocycles. The monoisotopic (exact) mass is 357 g/mol. The predicted molar refractivity (Wildman–Crippen MR) is 96.7 cm³/mol. The Kier molecular flexibility index (Phi) is 4.40. The summed E-state index contributed by atoms with van der Waals surface area (Å²) in [5.41, 5.74) is 2.25. The molecule has 0 spiro atoms. The molecule has 0 aromatic heterocycles. The van der Waals surface area contributed by atoms with Crippen molar-refractivity contribution in [2.24, 2.45) is 5.92 Å². The van der Waals surface area contributed by atoms with Crippen LogP contribution in [-0.4, -0.2) is 32.1 Å². The lowest BCUT2D eigenvalue weighted by Gasteiger charge is -2.32. The molecule has 0 saturated carbocycles. The normalized spacial score (nSPS) is 27.2. The van der Waals surface area contributed by atoms with E-state index in [9.17, 15) is 8.42 Å². The van der Waals surface area contributed by atoms with Crippen LogP contribution in [0.5, 0.6) is 0 Å². The molecule has 2 aliphatic rings. The Morgan fingerprint density at radius 1 is 1.04 bits per heavy atom. The Balaban J connectivity index is 1.70. The summed E-state index contributed by atoms with van der Waals surface area (Å²) in [6.07, 6.45) is 1.64. The number of sulfonamides is 1. The van der Waals surface area contributed by atoms with Gasteiger partial charge in [0.05, 0.1) is 4.90 Å². The third-order valence-electron chi connectivity index (χ3n) is 5.37. The van der Waals surface area contributed by atoms with Crippen molar-refractivity contribution in [3.8, 4) is 0 Å². The zero-order valence-corrected chi connectivity index (χ0v) is 15.2. The number of hydrogen-bond acceptors (Lipinski definition) is 3. The highest BCUT2D eigenvalue weighted by molar-refractivity contribution is 7.89. The molecule has 0 amide bonds. The first-order valence-electron chi connectivity index (χ1n) is 8.82. The first-order chi connectivity index (χ1) is 12.1. The van der Waals surface area contributed by atoms with Gasteiger partial charge in [0.25, 0.3) is 0 Å². The summed E-state index contributed by atoms with van der Waals surface area (Å²) in [5.74, 6) is 0.406. The lowest BCUT2D eigenvalue weighted by molar-refractivity contribution is -0.0582. The standard InChI is InChI=1S/C20H23NO3S/c1-15-9-11-17(12-10-15)25(22,23)21-14-19(16-6-3-2-4-7-16)18-8-5-13-24-20(18)21/h2-4,6-7,9-12,18-20H,5,8,13-14H2,1H3/t18-,19+,20-/m1/s1. The number of fused-ring (bicyclic) bond motifs is 1. The maximum Gasteiger partial charge on any atom is 0.245 e. The third-order valence-corrected chi connectivity index (χ3v) is 7.21. The minimum absolute atomic E-state index is 0.187. The largest absolute Gasteiger partial charge is 0.362 e. The molecule has 2 aromatic rings. The molecule has 25 heavy (non-hydrogen) atoms. The summed E-state index contributed by atoms with van der Waals surface area (Å²) in [6.45, 7) is 3.07. The smallest absolute Gasteiger partial charge is 0.245 e. The Hall–Kier alpha value is -1.69. The van der Waals surface area contributed by atoms with E-state index in [0.717, 1.165) is 18.4 Å². The fourth-order valence-corrected chi connectivity index (χ4v) is 5.65. The van der Waals surface area contributed by atoms with Gasteiger partial charge in [0.1, 0.15) is 6.23 Å². The molecule has 5 heteroatoms. The average Bonchev–Trinajstić information content (AvgIpc) is 3.03. The number of ether oxygens (including phenoxy) is 1. The van der Waals surface area contributed by atoms with E-state index in [-0.39, 0.29) is 18.1 Å². The Morgan fingerprint density at radius 2 is 1.76 bits per heavy atom. The highest BCUT2D eigenvalue weighted by atomic mass is 32.2. The second-order valence-electron chi connectivity index (χ2n) is 6.97. The van der Waals surface area contributed by atoms with Gasteiger partial charge in [-0.3, -0.25) is 0 Å². The van der Waals surface area contributed by atoms with Crippen LogP contribution in [0.15, 0.2) is 59.5 Å². The van der Waals surface area contributed by atoms with Gasteiger partial charge in [0.2, 0.25) is 10.0 Å². The summed E-state index contributed by atoms with van der Waals surface area (Å²) in [6, 6.07) is 17.3. The van der Waals surface area contributed by atoms with Crippen LogP contribution in [0, 0.1) is 12.8 Å². The lowest BCUT2D eigenvalue weighted by Crippen LogP contribution is -2.41. The van der Waals surface area contributed by atoms with Gasteiger partial charge < -0.3 is 4.74 Å². The molecule has 2 aromatic carbocycles. The second-order valence-corrected chi connectivity index (χ2v) is 8.86. The molecular weight excluding hydrogens is 334 g/mol. The number of rotatable bonds is 3. The number of hydrogen-bond donors (Lipinski definition) is 0. The predicted octanol–water partition coefficient (Wildman–Crippen LogP) is 3.54. The summed E-state index contributed by atoms with van der Waals surface area (Å²) in [4.78, 5) is 0.347. The molecule has 3 atom stereocenters. The van der Waals surface area contributed by atoms with Gasteiger partial charge in [-0.15, -0.1) is 0 Å². The van der Waals surface area contributed by atoms with Crippen molar-refractivity contribution < 1.29 is 13.2 Å². The summed E-state index contributed by atoms with van der Waals surface area (Å²) < 4.78 is 34.0. The van der Waals surface area contributed by atoms with E-state index in [1.54, 1.807) is 16.4 Å². The molecule has 0 N–H and O–H groups in total. The van der Waals surface area contributed by atoms with Crippen molar-refractivity contribution in [2.75, 3.05) is 13.2 Å².